The van der Waals surface area contributed by atoms with Crippen LogP contribution in [0, 0.1) is 0 Å². The third-order valence-corrected chi connectivity index (χ3v) is 4.03. The number of hydrazine groups is 1. The van der Waals surface area contributed by atoms with E-state index in [1.807, 2.05) is 12.1 Å². The first-order valence-corrected chi connectivity index (χ1v) is 6.79. The zero-order valence-electron chi connectivity index (χ0n) is 10.7. The number of nitrogens with two attached hydrogens (primary N) is 1. The zero-order chi connectivity index (χ0) is 12.4. The lowest BCUT2D eigenvalue weighted by atomic mass is 10.2. The van der Waals surface area contributed by atoms with Crippen molar-refractivity contribution in [2.24, 2.45) is 5.84 Å². The minimum atomic E-state index is 0.712. The summed E-state index contributed by atoms with van der Waals surface area (Å²) in [6, 6.07) is 6.66. The Labute approximate surface area is 108 Å². The number of nitrogen functional groups attached to an aromatic ring is 1. The maximum atomic E-state index is 5.40. The van der Waals surface area contributed by atoms with Crippen molar-refractivity contribution >= 4 is 11.6 Å². The molecule has 3 rings (SSSR count). The molecule has 98 valence electrons. The molecule has 0 aromatic carbocycles. The monoisotopic (exact) mass is 247 g/mol. The fourth-order valence-corrected chi connectivity index (χ4v) is 3.03. The molecule has 2 fully saturated rings. The van der Waals surface area contributed by atoms with Gasteiger partial charge in [0.05, 0.1) is 0 Å². The third kappa shape index (κ3) is 2.28. The Balaban J connectivity index is 1.67. The van der Waals surface area contributed by atoms with Crippen molar-refractivity contribution in [3.8, 4) is 0 Å². The maximum absolute atomic E-state index is 5.40. The van der Waals surface area contributed by atoms with E-state index < -0.39 is 0 Å². The van der Waals surface area contributed by atoms with Crippen molar-refractivity contribution in [2.75, 3.05) is 36.5 Å². The van der Waals surface area contributed by atoms with Crippen LogP contribution in [0.1, 0.15) is 19.3 Å². The van der Waals surface area contributed by atoms with Crippen LogP contribution in [0.5, 0.6) is 0 Å². The smallest absolute Gasteiger partial charge is 0.142 e. The molecular formula is C13H21N5. The van der Waals surface area contributed by atoms with Gasteiger partial charge < -0.3 is 10.3 Å². The first-order chi connectivity index (χ1) is 8.86. The molecule has 5 nitrogen and oxygen atoms in total. The third-order valence-electron chi connectivity index (χ3n) is 4.03. The number of hydrogen-bond donors (Lipinski definition) is 2. The quantitative estimate of drug-likeness (QED) is 0.617. The van der Waals surface area contributed by atoms with E-state index in [1.165, 1.54) is 32.4 Å². The van der Waals surface area contributed by atoms with Gasteiger partial charge in [-0.3, -0.25) is 4.90 Å². The number of nitrogens with one attached hydrogen (secondary N) is 1. The second kappa shape index (κ2) is 5.12. The molecule has 1 unspecified atom stereocenters. The average molecular weight is 247 g/mol. The molecular weight excluding hydrogens is 226 g/mol. The normalized spacial score (nSPS) is 24.7. The van der Waals surface area contributed by atoms with Crippen LogP contribution in [-0.4, -0.2) is 42.1 Å². The van der Waals surface area contributed by atoms with Gasteiger partial charge in [0.2, 0.25) is 0 Å². The molecule has 3 heterocycles. The Morgan fingerprint density at radius 2 is 2.06 bits per heavy atom. The van der Waals surface area contributed by atoms with Crippen LogP contribution >= 0.6 is 0 Å². The molecule has 0 radical (unpaired) electrons. The Bertz CT molecular complexity index is 402. The lowest BCUT2D eigenvalue weighted by molar-refractivity contribution is 0.260. The predicted molar refractivity (Wildman–Crippen MR) is 73.5 cm³/mol. The van der Waals surface area contributed by atoms with Gasteiger partial charge in [0.25, 0.3) is 0 Å². The summed E-state index contributed by atoms with van der Waals surface area (Å²) < 4.78 is 0. The standard InChI is InChI=1S/C13H21N5/c14-16-12-4-3-5-13(15-12)18-9-6-11(10-18)17-7-1-2-8-17/h3-5,11H,1-2,6-10,14H2,(H,15,16). The van der Waals surface area contributed by atoms with E-state index in [1.54, 1.807) is 0 Å². The molecule has 0 amide bonds. The van der Waals surface area contributed by atoms with Crippen molar-refractivity contribution in [2.45, 2.75) is 25.3 Å². The number of anilines is 2. The van der Waals surface area contributed by atoms with E-state index >= 15 is 0 Å². The fraction of sp³-hybridized carbons (Fsp3) is 0.615. The van der Waals surface area contributed by atoms with Crippen LogP contribution in [0.15, 0.2) is 18.2 Å². The Morgan fingerprint density at radius 3 is 2.83 bits per heavy atom. The maximum Gasteiger partial charge on any atom is 0.142 e. The summed E-state index contributed by atoms with van der Waals surface area (Å²) in [6.07, 6.45) is 3.98. The van der Waals surface area contributed by atoms with Gasteiger partial charge in [-0.2, -0.15) is 0 Å². The molecule has 3 N–H and O–H groups in total. The van der Waals surface area contributed by atoms with Gasteiger partial charge in [0.1, 0.15) is 11.6 Å². The van der Waals surface area contributed by atoms with Crippen molar-refractivity contribution in [1.82, 2.24) is 9.88 Å². The lowest BCUT2D eigenvalue weighted by Gasteiger charge is -2.24. The molecule has 5 heteroatoms. The van der Waals surface area contributed by atoms with Crippen LogP contribution < -0.4 is 16.2 Å². The number of nitrogens with zero attached hydrogens (tertiary/aromatic N) is 3. The highest BCUT2D eigenvalue weighted by molar-refractivity contribution is 5.47. The van der Waals surface area contributed by atoms with Gasteiger partial charge in [-0.05, 0) is 44.5 Å². The summed E-state index contributed by atoms with van der Waals surface area (Å²) in [5.41, 5.74) is 2.61. The number of hydrogen-bond acceptors (Lipinski definition) is 5. The molecule has 0 bridgehead atoms. The van der Waals surface area contributed by atoms with E-state index in [-0.39, 0.29) is 0 Å². The highest BCUT2D eigenvalue weighted by atomic mass is 15.3. The van der Waals surface area contributed by atoms with Crippen LogP contribution in [0.25, 0.3) is 0 Å². The second-order valence-electron chi connectivity index (χ2n) is 5.16. The molecule has 2 aliphatic rings. The predicted octanol–water partition coefficient (Wildman–Crippen LogP) is 1.04. The van der Waals surface area contributed by atoms with Gasteiger partial charge in [0.15, 0.2) is 0 Å². The number of rotatable bonds is 3. The molecule has 2 aliphatic heterocycles. The minimum Gasteiger partial charge on any atom is -0.355 e. The first kappa shape index (κ1) is 11.7. The Hall–Kier alpha value is -1.33. The summed E-state index contributed by atoms with van der Waals surface area (Å²) in [6.45, 7) is 4.75. The van der Waals surface area contributed by atoms with Crippen molar-refractivity contribution in [3.05, 3.63) is 18.2 Å². The molecule has 0 spiro atoms. The van der Waals surface area contributed by atoms with Gasteiger partial charge in [-0.25, -0.2) is 10.8 Å². The van der Waals surface area contributed by atoms with Gasteiger partial charge in [0, 0.05) is 19.1 Å². The molecule has 18 heavy (non-hydrogen) atoms. The van der Waals surface area contributed by atoms with E-state index in [4.69, 9.17) is 5.84 Å². The number of aromatic nitrogens is 1. The number of likely N-dealkylation sites (tertiary alicyclic amines) is 1. The van der Waals surface area contributed by atoms with Gasteiger partial charge >= 0.3 is 0 Å². The van der Waals surface area contributed by atoms with E-state index in [0.717, 1.165) is 24.7 Å². The van der Waals surface area contributed by atoms with Crippen LogP contribution in [-0.2, 0) is 0 Å². The molecule has 1 aromatic heterocycles. The Morgan fingerprint density at radius 1 is 1.22 bits per heavy atom. The SMILES string of the molecule is NNc1cccc(N2CCC(N3CCCC3)C2)n1. The molecule has 2 saturated heterocycles. The average Bonchev–Trinajstić information content (AvgIpc) is 3.09. The Kier molecular flexibility index (Phi) is 3.34. The van der Waals surface area contributed by atoms with Crippen molar-refractivity contribution in [1.29, 1.82) is 0 Å². The van der Waals surface area contributed by atoms with Gasteiger partial charge in [-0.15, -0.1) is 0 Å². The van der Waals surface area contributed by atoms with Crippen LogP contribution in [0.2, 0.25) is 0 Å². The van der Waals surface area contributed by atoms with Crippen LogP contribution in [0.4, 0.5) is 11.6 Å². The summed E-state index contributed by atoms with van der Waals surface area (Å²) in [7, 11) is 0. The van der Waals surface area contributed by atoms with E-state index in [2.05, 4.69) is 26.3 Å². The van der Waals surface area contributed by atoms with Crippen molar-refractivity contribution in [3.63, 3.8) is 0 Å². The van der Waals surface area contributed by atoms with Crippen LogP contribution in [0.3, 0.4) is 0 Å². The first-order valence-electron chi connectivity index (χ1n) is 6.79. The topological polar surface area (TPSA) is 57.4 Å². The second-order valence-corrected chi connectivity index (χ2v) is 5.16. The highest BCUT2D eigenvalue weighted by Gasteiger charge is 2.29. The molecule has 1 aromatic rings. The summed E-state index contributed by atoms with van der Waals surface area (Å²) in [5.74, 6) is 7.17. The van der Waals surface area contributed by atoms with E-state index in [0.29, 0.717) is 6.04 Å². The fourth-order valence-electron chi connectivity index (χ4n) is 3.03. The summed E-state index contributed by atoms with van der Waals surface area (Å²) >= 11 is 0. The summed E-state index contributed by atoms with van der Waals surface area (Å²) in [5, 5.41) is 0. The highest BCUT2D eigenvalue weighted by Crippen LogP contribution is 2.24. The molecule has 1 atom stereocenters. The molecule has 0 aliphatic carbocycles. The minimum absolute atomic E-state index is 0.712. The zero-order valence-corrected chi connectivity index (χ0v) is 10.7. The lowest BCUT2D eigenvalue weighted by Crippen LogP contribution is -2.35. The largest absolute Gasteiger partial charge is 0.355 e. The van der Waals surface area contributed by atoms with Crippen molar-refractivity contribution < 1.29 is 0 Å². The number of pyridine rings is 1. The summed E-state index contributed by atoms with van der Waals surface area (Å²) in [4.78, 5) is 9.50. The van der Waals surface area contributed by atoms with Gasteiger partial charge in [-0.1, -0.05) is 6.07 Å². The molecule has 0 saturated carbocycles. The van der Waals surface area contributed by atoms with E-state index in [9.17, 15) is 0 Å².